The molecule has 0 saturated carbocycles. The Labute approximate surface area is 200 Å². The number of methoxy groups -OCH3 is 1. The van der Waals surface area contributed by atoms with Gasteiger partial charge in [0.25, 0.3) is 5.56 Å². The lowest BCUT2D eigenvalue weighted by Crippen LogP contribution is -2.40. The highest BCUT2D eigenvalue weighted by Gasteiger charge is 2.30. The molecule has 3 aromatic rings. The zero-order chi connectivity index (χ0) is 22.7. The maximum absolute atomic E-state index is 13.2. The third-order valence-electron chi connectivity index (χ3n) is 5.74. The molecule has 0 spiro atoms. The van der Waals surface area contributed by atoms with Crippen LogP contribution in [0.3, 0.4) is 0 Å². The number of thiophene rings is 1. The standard InChI is InChI=1S/C23H26ClN3O3S2/c1-3-19-17-8-12-31-20(17)7-10-26(19)21(28)14-32-23-25-18-13-15(24)5-6-16(18)22(29)27(23)9-4-11-30-2/h5-6,8,12-13,19H,3-4,7,9-11,14H2,1-2H3. The first-order valence-corrected chi connectivity index (χ1v) is 12.9. The zero-order valence-corrected chi connectivity index (χ0v) is 20.6. The van der Waals surface area contributed by atoms with Gasteiger partial charge in [0.05, 0.1) is 22.7 Å². The number of fused-ring (bicyclic) bond motifs is 2. The third-order valence-corrected chi connectivity index (χ3v) is 7.93. The number of hydrogen-bond donors (Lipinski definition) is 0. The van der Waals surface area contributed by atoms with Gasteiger partial charge in [-0.3, -0.25) is 14.2 Å². The van der Waals surface area contributed by atoms with Crippen molar-refractivity contribution in [2.75, 3.05) is 26.0 Å². The Morgan fingerprint density at radius 1 is 1.38 bits per heavy atom. The zero-order valence-electron chi connectivity index (χ0n) is 18.2. The highest BCUT2D eigenvalue weighted by Crippen LogP contribution is 2.35. The normalized spacial score (nSPS) is 15.8. The molecule has 1 unspecified atom stereocenters. The second kappa shape index (κ2) is 10.4. The number of benzene rings is 1. The van der Waals surface area contributed by atoms with Crippen molar-refractivity contribution < 1.29 is 9.53 Å². The van der Waals surface area contributed by atoms with E-state index in [1.807, 2.05) is 4.90 Å². The summed E-state index contributed by atoms with van der Waals surface area (Å²) in [4.78, 5) is 34.4. The monoisotopic (exact) mass is 491 g/mol. The Hall–Kier alpha value is -1.87. The molecule has 32 heavy (non-hydrogen) atoms. The number of rotatable bonds is 8. The molecule has 9 heteroatoms. The molecule has 0 saturated heterocycles. The summed E-state index contributed by atoms with van der Waals surface area (Å²) in [6, 6.07) is 7.35. The van der Waals surface area contributed by atoms with Gasteiger partial charge in [0, 0.05) is 36.7 Å². The number of aromatic nitrogens is 2. The predicted octanol–water partition coefficient (Wildman–Crippen LogP) is 4.78. The summed E-state index contributed by atoms with van der Waals surface area (Å²) in [7, 11) is 1.64. The lowest BCUT2D eigenvalue weighted by atomic mass is 9.98. The molecule has 170 valence electrons. The molecule has 0 aliphatic carbocycles. The number of nitrogens with zero attached hydrogens (tertiary/aromatic N) is 3. The van der Waals surface area contributed by atoms with Crippen LogP contribution in [0.4, 0.5) is 0 Å². The first kappa shape index (κ1) is 23.3. The van der Waals surface area contributed by atoms with E-state index in [1.165, 1.54) is 22.2 Å². The molecule has 0 radical (unpaired) electrons. The SMILES string of the molecule is CCC1c2ccsc2CCN1C(=O)CSc1nc2cc(Cl)ccc2c(=O)n1CCCOC. The summed E-state index contributed by atoms with van der Waals surface area (Å²) < 4.78 is 6.80. The Morgan fingerprint density at radius 2 is 2.22 bits per heavy atom. The largest absolute Gasteiger partial charge is 0.385 e. The Balaban J connectivity index is 1.58. The van der Waals surface area contributed by atoms with E-state index in [0.717, 1.165) is 19.4 Å². The van der Waals surface area contributed by atoms with Crippen LogP contribution in [0.15, 0.2) is 39.6 Å². The van der Waals surface area contributed by atoms with Gasteiger partial charge in [-0.1, -0.05) is 30.3 Å². The van der Waals surface area contributed by atoms with Crippen LogP contribution >= 0.6 is 34.7 Å². The highest BCUT2D eigenvalue weighted by atomic mass is 35.5. The van der Waals surface area contributed by atoms with E-state index < -0.39 is 0 Å². The van der Waals surface area contributed by atoms with E-state index in [-0.39, 0.29) is 23.3 Å². The highest BCUT2D eigenvalue weighted by molar-refractivity contribution is 7.99. The lowest BCUT2D eigenvalue weighted by Gasteiger charge is -2.35. The molecule has 3 heterocycles. The number of thioether (sulfide) groups is 1. The first-order chi connectivity index (χ1) is 15.5. The maximum Gasteiger partial charge on any atom is 0.262 e. The van der Waals surface area contributed by atoms with Crippen LogP contribution in [0.25, 0.3) is 10.9 Å². The Morgan fingerprint density at radius 3 is 3.00 bits per heavy atom. The molecule has 4 rings (SSSR count). The van der Waals surface area contributed by atoms with Crippen LogP contribution in [0.1, 0.15) is 36.2 Å². The minimum absolute atomic E-state index is 0.0718. The van der Waals surface area contributed by atoms with E-state index in [1.54, 1.807) is 41.2 Å². The fraction of sp³-hybridized carbons (Fsp3) is 0.435. The Bertz CT molecular complexity index is 1180. The molecule has 6 nitrogen and oxygen atoms in total. The van der Waals surface area contributed by atoms with Crippen LogP contribution in [0, 0.1) is 0 Å². The molecule has 2 aromatic heterocycles. The second-order valence-corrected chi connectivity index (χ2v) is 10.1. The maximum atomic E-state index is 13.2. The molecule has 1 amide bonds. The second-order valence-electron chi connectivity index (χ2n) is 7.71. The van der Waals surface area contributed by atoms with Gasteiger partial charge in [-0.25, -0.2) is 4.98 Å². The number of hydrogen-bond acceptors (Lipinski definition) is 6. The van der Waals surface area contributed by atoms with Crippen molar-refractivity contribution in [1.82, 2.24) is 14.5 Å². The van der Waals surface area contributed by atoms with Gasteiger partial charge in [0.1, 0.15) is 0 Å². The van der Waals surface area contributed by atoms with Crippen molar-refractivity contribution in [3.63, 3.8) is 0 Å². The van der Waals surface area contributed by atoms with E-state index in [0.29, 0.717) is 40.7 Å². The molecule has 1 aliphatic rings. The van der Waals surface area contributed by atoms with E-state index in [2.05, 4.69) is 18.4 Å². The number of carbonyl (C=O) groups excluding carboxylic acids is 1. The fourth-order valence-electron chi connectivity index (χ4n) is 4.19. The number of carbonyl (C=O) groups is 1. The van der Waals surface area contributed by atoms with Crippen molar-refractivity contribution in [1.29, 1.82) is 0 Å². The number of amides is 1. The Kier molecular flexibility index (Phi) is 7.55. The minimum atomic E-state index is -0.120. The summed E-state index contributed by atoms with van der Waals surface area (Å²) in [6.45, 7) is 3.87. The predicted molar refractivity (Wildman–Crippen MR) is 131 cm³/mol. The molecule has 1 aromatic carbocycles. The van der Waals surface area contributed by atoms with Crippen LogP contribution < -0.4 is 5.56 Å². The molecule has 0 N–H and O–H groups in total. The smallest absolute Gasteiger partial charge is 0.262 e. The average Bonchev–Trinajstić information content (AvgIpc) is 3.27. The quantitative estimate of drug-likeness (QED) is 0.258. The lowest BCUT2D eigenvalue weighted by molar-refractivity contribution is -0.131. The van der Waals surface area contributed by atoms with Gasteiger partial charge in [-0.15, -0.1) is 11.3 Å². The van der Waals surface area contributed by atoms with Crippen LogP contribution in [-0.2, 0) is 22.5 Å². The molecule has 0 bridgehead atoms. The topological polar surface area (TPSA) is 64.4 Å². The van der Waals surface area contributed by atoms with Crippen molar-refractivity contribution in [2.24, 2.45) is 0 Å². The van der Waals surface area contributed by atoms with Gasteiger partial charge in [-0.2, -0.15) is 0 Å². The third kappa shape index (κ3) is 4.73. The van der Waals surface area contributed by atoms with E-state index in [9.17, 15) is 9.59 Å². The van der Waals surface area contributed by atoms with Gasteiger partial charge in [0.15, 0.2) is 5.16 Å². The average molecular weight is 492 g/mol. The van der Waals surface area contributed by atoms with Gasteiger partial charge in [-0.05, 0) is 54.5 Å². The van der Waals surface area contributed by atoms with Crippen molar-refractivity contribution in [3.8, 4) is 0 Å². The summed E-state index contributed by atoms with van der Waals surface area (Å²) in [5, 5.41) is 3.70. The molecular weight excluding hydrogens is 466 g/mol. The molecular formula is C23H26ClN3O3S2. The molecule has 1 aliphatic heterocycles. The minimum Gasteiger partial charge on any atom is -0.385 e. The van der Waals surface area contributed by atoms with E-state index >= 15 is 0 Å². The summed E-state index contributed by atoms with van der Waals surface area (Å²) in [6.07, 6.45) is 2.46. The first-order valence-electron chi connectivity index (χ1n) is 10.7. The van der Waals surface area contributed by atoms with Gasteiger partial charge >= 0.3 is 0 Å². The van der Waals surface area contributed by atoms with Gasteiger partial charge in [0.2, 0.25) is 5.91 Å². The summed E-state index contributed by atoms with van der Waals surface area (Å²) in [5.41, 5.74) is 1.70. The number of ether oxygens (including phenoxy) is 1. The van der Waals surface area contributed by atoms with Crippen LogP contribution in [0.2, 0.25) is 5.02 Å². The van der Waals surface area contributed by atoms with E-state index in [4.69, 9.17) is 21.3 Å². The molecule has 1 atom stereocenters. The van der Waals surface area contributed by atoms with Crippen molar-refractivity contribution in [2.45, 2.75) is 43.9 Å². The van der Waals surface area contributed by atoms with Crippen molar-refractivity contribution in [3.05, 3.63) is 55.5 Å². The molecule has 0 fully saturated rings. The van der Waals surface area contributed by atoms with Gasteiger partial charge < -0.3 is 9.64 Å². The van der Waals surface area contributed by atoms with Crippen molar-refractivity contribution >= 4 is 51.5 Å². The summed E-state index contributed by atoms with van der Waals surface area (Å²) >= 11 is 9.21. The van der Waals surface area contributed by atoms with Crippen LogP contribution in [0.5, 0.6) is 0 Å². The number of halogens is 1. The van der Waals surface area contributed by atoms with Crippen LogP contribution in [-0.4, -0.2) is 46.4 Å². The summed E-state index contributed by atoms with van der Waals surface area (Å²) in [5.74, 6) is 0.307. The fourth-order valence-corrected chi connectivity index (χ4v) is 6.20.